The van der Waals surface area contributed by atoms with Crippen LogP contribution in [0.2, 0.25) is 0 Å². The summed E-state index contributed by atoms with van der Waals surface area (Å²) in [6, 6.07) is 16.6. The molecule has 3 aromatic rings. The van der Waals surface area contributed by atoms with E-state index in [9.17, 15) is 0 Å². The van der Waals surface area contributed by atoms with E-state index in [1.165, 1.54) is 10.9 Å². The van der Waals surface area contributed by atoms with Crippen LogP contribution in [0.15, 0.2) is 48.5 Å². The predicted molar refractivity (Wildman–Crippen MR) is 72.9 cm³/mol. The zero-order valence-corrected chi connectivity index (χ0v) is 9.70. The average molecular weight is 222 g/mol. The van der Waals surface area contributed by atoms with Crippen LogP contribution in [-0.4, -0.2) is 4.98 Å². The molecule has 1 heterocycles. The predicted octanol–water partition coefficient (Wildman–Crippen LogP) is 3.73. The van der Waals surface area contributed by atoms with Crippen molar-refractivity contribution < 1.29 is 0 Å². The van der Waals surface area contributed by atoms with Crippen LogP contribution in [0.4, 0.5) is 5.69 Å². The summed E-state index contributed by atoms with van der Waals surface area (Å²) in [5.74, 6) is 0. The monoisotopic (exact) mass is 222 g/mol. The van der Waals surface area contributed by atoms with Gasteiger partial charge in [-0.15, -0.1) is 0 Å². The topological polar surface area (TPSA) is 41.8 Å². The fourth-order valence-electron chi connectivity index (χ4n) is 2.21. The fourth-order valence-corrected chi connectivity index (χ4v) is 2.21. The normalized spacial score (nSPS) is 10.9. The Morgan fingerprint density at radius 2 is 1.71 bits per heavy atom. The standard InChI is InChI=1S/C15H14N2/c1-10-7-13-8-12(9-14(16)15(13)17-10)11-5-3-2-4-6-11/h2-9,17H,16H2,1H3. The Balaban J connectivity index is 2.25. The second kappa shape index (κ2) is 3.67. The lowest BCUT2D eigenvalue weighted by Gasteiger charge is -2.04. The van der Waals surface area contributed by atoms with Crippen molar-refractivity contribution in [2.45, 2.75) is 6.92 Å². The Morgan fingerprint density at radius 1 is 0.941 bits per heavy atom. The maximum Gasteiger partial charge on any atom is 0.0690 e. The molecule has 0 aliphatic carbocycles. The van der Waals surface area contributed by atoms with E-state index in [2.05, 4.69) is 29.2 Å². The molecule has 0 saturated carbocycles. The van der Waals surface area contributed by atoms with E-state index in [0.717, 1.165) is 22.5 Å². The number of fused-ring (bicyclic) bond motifs is 1. The van der Waals surface area contributed by atoms with Gasteiger partial charge in [-0.2, -0.15) is 0 Å². The van der Waals surface area contributed by atoms with Crippen LogP contribution < -0.4 is 5.73 Å². The molecule has 1 aromatic heterocycles. The molecule has 3 rings (SSSR count). The number of rotatable bonds is 1. The SMILES string of the molecule is Cc1cc2cc(-c3ccccc3)cc(N)c2[nH]1. The number of hydrogen-bond donors (Lipinski definition) is 2. The number of nitrogens with two attached hydrogens (primary N) is 1. The van der Waals surface area contributed by atoms with Crippen LogP contribution in [0.5, 0.6) is 0 Å². The van der Waals surface area contributed by atoms with Crippen molar-refractivity contribution in [3.8, 4) is 11.1 Å². The summed E-state index contributed by atoms with van der Waals surface area (Å²) in [5.41, 5.74) is 11.4. The van der Waals surface area contributed by atoms with E-state index in [1.54, 1.807) is 0 Å². The maximum absolute atomic E-state index is 6.08. The molecule has 2 aromatic carbocycles. The molecule has 0 aliphatic rings. The molecule has 0 unspecified atom stereocenters. The van der Waals surface area contributed by atoms with Gasteiger partial charge in [0.1, 0.15) is 0 Å². The molecule has 84 valence electrons. The molecular formula is C15H14N2. The Labute approximate surface area is 100 Å². The molecule has 0 bridgehead atoms. The third kappa shape index (κ3) is 1.68. The zero-order chi connectivity index (χ0) is 11.8. The van der Waals surface area contributed by atoms with E-state index in [4.69, 9.17) is 5.73 Å². The highest BCUT2D eigenvalue weighted by Crippen LogP contribution is 2.29. The number of aromatic amines is 1. The van der Waals surface area contributed by atoms with Crippen molar-refractivity contribution in [2.24, 2.45) is 0 Å². The summed E-state index contributed by atoms with van der Waals surface area (Å²) >= 11 is 0. The molecular weight excluding hydrogens is 208 g/mol. The molecule has 0 saturated heterocycles. The van der Waals surface area contributed by atoms with Crippen LogP contribution in [-0.2, 0) is 0 Å². The smallest absolute Gasteiger partial charge is 0.0690 e. The van der Waals surface area contributed by atoms with E-state index in [0.29, 0.717) is 0 Å². The molecule has 2 heteroatoms. The van der Waals surface area contributed by atoms with Crippen LogP contribution in [0.1, 0.15) is 5.69 Å². The zero-order valence-electron chi connectivity index (χ0n) is 9.70. The first-order chi connectivity index (χ1) is 8.24. The minimum atomic E-state index is 0.800. The first-order valence-electron chi connectivity index (χ1n) is 5.68. The van der Waals surface area contributed by atoms with Crippen molar-refractivity contribution in [1.82, 2.24) is 4.98 Å². The number of benzene rings is 2. The summed E-state index contributed by atoms with van der Waals surface area (Å²) in [7, 11) is 0. The van der Waals surface area contributed by atoms with Crippen molar-refractivity contribution in [3.05, 3.63) is 54.2 Å². The second-order valence-corrected chi connectivity index (χ2v) is 4.35. The molecule has 2 nitrogen and oxygen atoms in total. The van der Waals surface area contributed by atoms with Gasteiger partial charge < -0.3 is 10.7 Å². The van der Waals surface area contributed by atoms with E-state index < -0.39 is 0 Å². The fraction of sp³-hybridized carbons (Fsp3) is 0.0667. The lowest BCUT2D eigenvalue weighted by atomic mass is 10.0. The minimum absolute atomic E-state index is 0.800. The Morgan fingerprint density at radius 3 is 2.47 bits per heavy atom. The third-order valence-corrected chi connectivity index (χ3v) is 3.00. The van der Waals surface area contributed by atoms with Gasteiger partial charge in [0.25, 0.3) is 0 Å². The van der Waals surface area contributed by atoms with E-state index >= 15 is 0 Å². The first-order valence-corrected chi connectivity index (χ1v) is 5.68. The van der Waals surface area contributed by atoms with E-state index in [1.807, 2.05) is 31.2 Å². The first kappa shape index (κ1) is 9.97. The number of aryl methyl sites for hydroxylation is 1. The second-order valence-electron chi connectivity index (χ2n) is 4.35. The minimum Gasteiger partial charge on any atom is -0.397 e. The van der Waals surface area contributed by atoms with Gasteiger partial charge >= 0.3 is 0 Å². The lowest BCUT2D eigenvalue weighted by Crippen LogP contribution is -1.88. The van der Waals surface area contributed by atoms with Crippen molar-refractivity contribution in [2.75, 3.05) is 5.73 Å². The van der Waals surface area contributed by atoms with Crippen LogP contribution in [0.25, 0.3) is 22.0 Å². The molecule has 0 aliphatic heterocycles. The molecule has 3 N–H and O–H groups in total. The molecule has 0 fully saturated rings. The van der Waals surface area contributed by atoms with Gasteiger partial charge in [0.05, 0.1) is 11.2 Å². The largest absolute Gasteiger partial charge is 0.397 e. The van der Waals surface area contributed by atoms with Crippen molar-refractivity contribution in [3.63, 3.8) is 0 Å². The summed E-state index contributed by atoms with van der Waals surface area (Å²) < 4.78 is 0. The van der Waals surface area contributed by atoms with Crippen LogP contribution >= 0.6 is 0 Å². The van der Waals surface area contributed by atoms with Gasteiger partial charge in [-0.3, -0.25) is 0 Å². The lowest BCUT2D eigenvalue weighted by molar-refractivity contribution is 1.30. The van der Waals surface area contributed by atoms with Crippen molar-refractivity contribution >= 4 is 16.6 Å². The Hall–Kier alpha value is -2.22. The number of H-pyrrole nitrogens is 1. The highest BCUT2D eigenvalue weighted by molar-refractivity contribution is 5.95. The van der Waals surface area contributed by atoms with Crippen molar-refractivity contribution in [1.29, 1.82) is 0 Å². The van der Waals surface area contributed by atoms with E-state index in [-0.39, 0.29) is 0 Å². The van der Waals surface area contributed by atoms with Gasteiger partial charge in [0.15, 0.2) is 0 Å². The maximum atomic E-state index is 6.08. The van der Waals surface area contributed by atoms with Gasteiger partial charge in [0.2, 0.25) is 0 Å². The molecule has 0 amide bonds. The molecule has 0 atom stereocenters. The quantitative estimate of drug-likeness (QED) is 0.605. The number of hydrogen-bond acceptors (Lipinski definition) is 1. The van der Waals surface area contributed by atoms with Crippen LogP contribution in [0.3, 0.4) is 0 Å². The summed E-state index contributed by atoms with van der Waals surface area (Å²) in [4.78, 5) is 3.28. The van der Waals surface area contributed by atoms with Gasteiger partial charge in [-0.05, 0) is 36.2 Å². The third-order valence-electron chi connectivity index (χ3n) is 3.00. The highest BCUT2D eigenvalue weighted by Gasteiger charge is 2.05. The van der Waals surface area contributed by atoms with Crippen LogP contribution in [0, 0.1) is 6.92 Å². The highest BCUT2D eigenvalue weighted by atomic mass is 14.7. The van der Waals surface area contributed by atoms with Gasteiger partial charge in [0, 0.05) is 11.1 Å². The number of anilines is 1. The van der Waals surface area contributed by atoms with Gasteiger partial charge in [-0.1, -0.05) is 30.3 Å². The summed E-state index contributed by atoms with van der Waals surface area (Å²) in [5, 5.41) is 1.17. The molecule has 17 heavy (non-hydrogen) atoms. The number of aromatic nitrogens is 1. The Kier molecular flexibility index (Phi) is 2.15. The summed E-state index contributed by atoms with van der Waals surface area (Å²) in [6.07, 6.45) is 0. The molecule has 0 spiro atoms. The molecule has 0 radical (unpaired) electrons. The van der Waals surface area contributed by atoms with Gasteiger partial charge in [-0.25, -0.2) is 0 Å². The summed E-state index contributed by atoms with van der Waals surface area (Å²) in [6.45, 7) is 2.04. The Bertz CT molecular complexity index is 666. The number of nitrogen functional groups attached to an aromatic ring is 1. The number of nitrogens with one attached hydrogen (secondary N) is 1. The average Bonchev–Trinajstić information content (AvgIpc) is 2.71.